The summed E-state index contributed by atoms with van der Waals surface area (Å²) in [6, 6.07) is 5.46. The van der Waals surface area contributed by atoms with Gasteiger partial charge in [-0.2, -0.15) is 0 Å². The zero-order valence-corrected chi connectivity index (χ0v) is 15.4. The van der Waals surface area contributed by atoms with E-state index in [4.69, 9.17) is 5.73 Å². The molecule has 1 unspecified atom stereocenters. The lowest BCUT2D eigenvalue weighted by Gasteiger charge is -2.13. The van der Waals surface area contributed by atoms with Crippen molar-refractivity contribution in [3.63, 3.8) is 0 Å². The molecule has 2 aromatic heterocycles. The number of aromatic nitrogens is 2. The van der Waals surface area contributed by atoms with Crippen LogP contribution in [-0.4, -0.2) is 9.97 Å². The van der Waals surface area contributed by atoms with Crippen LogP contribution in [0, 0.1) is 0 Å². The molecule has 104 valence electrons. The van der Waals surface area contributed by atoms with E-state index in [0.29, 0.717) is 0 Å². The summed E-state index contributed by atoms with van der Waals surface area (Å²) in [5.74, 6) is 0. The Morgan fingerprint density at radius 2 is 1.70 bits per heavy atom. The van der Waals surface area contributed by atoms with E-state index in [1.54, 1.807) is 11.3 Å². The van der Waals surface area contributed by atoms with Crippen LogP contribution >= 0.6 is 59.1 Å². The standard InChI is InChI=1S/C12H8Br3N3OS/c13-6-3-8-7(17-12(19)18-8)1-4(6)10(16)5-2-9(14)20-11(5)15/h1-3,10H,16H2,(H2,17,18,19). The van der Waals surface area contributed by atoms with Crippen LogP contribution in [0.3, 0.4) is 0 Å². The highest BCUT2D eigenvalue weighted by molar-refractivity contribution is 9.12. The molecule has 1 atom stereocenters. The second-order valence-corrected chi connectivity index (χ2v) is 8.86. The summed E-state index contributed by atoms with van der Waals surface area (Å²) in [7, 11) is 0. The molecule has 3 aromatic rings. The molecule has 0 radical (unpaired) electrons. The molecule has 0 aliphatic heterocycles. The zero-order chi connectivity index (χ0) is 14.4. The van der Waals surface area contributed by atoms with Gasteiger partial charge in [0.25, 0.3) is 0 Å². The molecule has 0 aliphatic carbocycles. The van der Waals surface area contributed by atoms with Gasteiger partial charge < -0.3 is 15.7 Å². The van der Waals surface area contributed by atoms with Gasteiger partial charge in [-0.3, -0.25) is 0 Å². The molecule has 0 spiro atoms. The maximum atomic E-state index is 11.3. The van der Waals surface area contributed by atoms with Gasteiger partial charge in [-0.25, -0.2) is 4.79 Å². The topological polar surface area (TPSA) is 74.7 Å². The van der Waals surface area contributed by atoms with Crippen LogP contribution in [0.4, 0.5) is 0 Å². The number of hydrogen-bond acceptors (Lipinski definition) is 3. The molecule has 20 heavy (non-hydrogen) atoms. The van der Waals surface area contributed by atoms with Gasteiger partial charge in [-0.05, 0) is 61.2 Å². The normalized spacial score (nSPS) is 13.0. The van der Waals surface area contributed by atoms with E-state index < -0.39 is 0 Å². The Morgan fingerprint density at radius 1 is 1.05 bits per heavy atom. The molecule has 4 nitrogen and oxygen atoms in total. The van der Waals surface area contributed by atoms with E-state index in [1.807, 2.05) is 18.2 Å². The number of aromatic amines is 2. The molecule has 1 aromatic carbocycles. The summed E-state index contributed by atoms with van der Waals surface area (Å²) in [6.07, 6.45) is 0. The Labute approximate surface area is 143 Å². The lowest BCUT2D eigenvalue weighted by molar-refractivity contribution is 0.868. The summed E-state index contributed by atoms with van der Waals surface area (Å²) < 4.78 is 2.87. The van der Waals surface area contributed by atoms with Crippen molar-refractivity contribution < 1.29 is 0 Å². The van der Waals surface area contributed by atoms with Crippen molar-refractivity contribution in [2.45, 2.75) is 6.04 Å². The van der Waals surface area contributed by atoms with E-state index in [-0.39, 0.29) is 11.7 Å². The van der Waals surface area contributed by atoms with E-state index in [9.17, 15) is 4.79 Å². The number of fused-ring (bicyclic) bond motifs is 1. The molecule has 8 heteroatoms. The number of halogens is 3. The summed E-state index contributed by atoms with van der Waals surface area (Å²) in [4.78, 5) is 16.8. The molecule has 0 saturated carbocycles. The van der Waals surface area contributed by atoms with E-state index >= 15 is 0 Å². The number of hydrogen-bond donors (Lipinski definition) is 3. The summed E-state index contributed by atoms with van der Waals surface area (Å²) >= 11 is 12.1. The van der Waals surface area contributed by atoms with Crippen molar-refractivity contribution in [2.75, 3.05) is 0 Å². The Balaban J connectivity index is 2.15. The van der Waals surface area contributed by atoms with Gasteiger partial charge in [0.1, 0.15) is 0 Å². The van der Waals surface area contributed by atoms with Gasteiger partial charge in [-0.15, -0.1) is 11.3 Å². The highest BCUT2D eigenvalue weighted by Gasteiger charge is 2.18. The van der Waals surface area contributed by atoms with Crippen molar-refractivity contribution in [1.82, 2.24) is 9.97 Å². The lowest BCUT2D eigenvalue weighted by atomic mass is 10.0. The summed E-state index contributed by atoms with van der Waals surface area (Å²) in [5.41, 5.74) is 9.54. The predicted octanol–water partition coefficient (Wildman–Crippen LogP) is 4.25. The Bertz CT molecular complexity index is 851. The van der Waals surface area contributed by atoms with Crippen LogP contribution < -0.4 is 11.4 Å². The van der Waals surface area contributed by atoms with Crippen molar-refractivity contribution in [3.8, 4) is 0 Å². The SMILES string of the molecule is NC(c1cc2[nH]c(=O)[nH]c2cc1Br)c1cc(Br)sc1Br. The molecule has 0 saturated heterocycles. The molecule has 2 heterocycles. The van der Waals surface area contributed by atoms with Gasteiger partial charge in [-0.1, -0.05) is 15.9 Å². The molecule has 0 bridgehead atoms. The fourth-order valence-electron chi connectivity index (χ4n) is 2.04. The fourth-order valence-corrected chi connectivity index (χ4v) is 5.56. The quantitative estimate of drug-likeness (QED) is 0.512. The number of nitrogens with one attached hydrogen (secondary N) is 2. The number of imidazole rings is 1. The smallest absolute Gasteiger partial charge is 0.320 e. The number of benzene rings is 1. The largest absolute Gasteiger partial charge is 0.323 e. The van der Waals surface area contributed by atoms with Crippen LogP contribution in [0.2, 0.25) is 0 Å². The Kier molecular flexibility index (Phi) is 3.93. The average Bonchev–Trinajstić information content (AvgIpc) is 2.88. The van der Waals surface area contributed by atoms with Gasteiger partial charge in [0, 0.05) is 4.47 Å². The lowest BCUT2D eigenvalue weighted by Crippen LogP contribution is -2.12. The fraction of sp³-hybridized carbons (Fsp3) is 0.0833. The third-order valence-electron chi connectivity index (χ3n) is 2.99. The molecular weight excluding hydrogens is 474 g/mol. The summed E-state index contributed by atoms with van der Waals surface area (Å²) in [6.45, 7) is 0. The maximum absolute atomic E-state index is 11.3. The van der Waals surface area contributed by atoms with E-state index in [0.717, 1.165) is 34.2 Å². The van der Waals surface area contributed by atoms with Crippen molar-refractivity contribution >= 4 is 70.2 Å². The van der Waals surface area contributed by atoms with Crippen molar-refractivity contribution in [3.05, 3.63) is 51.9 Å². The van der Waals surface area contributed by atoms with Crippen LogP contribution in [0.5, 0.6) is 0 Å². The number of nitrogens with two attached hydrogens (primary N) is 1. The third-order valence-corrected chi connectivity index (χ3v) is 6.06. The van der Waals surface area contributed by atoms with Gasteiger partial charge in [0.15, 0.2) is 0 Å². The van der Waals surface area contributed by atoms with Crippen LogP contribution in [0.15, 0.2) is 35.0 Å². The molecule has 0 fully saturated rings. The van der Waals surface area contributed by atoms with Crippen LogP contribution in [0.25, 0.3) is 11.0 Å². The monoisotopic (exact) mass is 479 g/mol. The van der Waals surface area contributed by atoms with E-state index in [2.05, 4.69) is 57.8 Å². The van der Waals surface area contributed by atoms with Crippen LogP contribution in [-0.2, 0) is 0 Å². The minimum absolute atomic E-state index is 0.225. The Morgan fingerprint density at radius 3 is 2.30 bits per heavy atom. The number of H-pyrrole nitrogens is 2. The summed E-state index contributed by atoms with van der Waals surface area (Å²) in [5, 5.41) is 0. The second kappa shape index (κ2) is 5.42. The third kappa shape index (κ3) is 2.55. The first kappa shape index (κ1) is 14.5. The Hall–Kier alpha value is -0.410. The van der Waals surface area contributed by atoms with Crippen molar-refractivity contribution in [1.29, 1.82) is 0 Å². The highest BCUT2D eigenvalue weighted by Crippen LogP contribution is 2.39. The minimum Gasteiger partial charge on any atom is -0.320 e. The molecule has 0 aliphatic rings. The first-order valence-corrected chi connectivity index (χ1v) is 8.77. The van der Waals surface area contributed by atoms with Gasteiger partial charge in [0.05, 0.1) is 24.6 Å². The maximum Gasteiger partial charge on any atom is 0.323 e. The molecule has 4 N–H and O–H groups in total. The first-order chi connectivity index (χ1) is 9.45. The van der Waals surface area contributed by atoms with Crippen LogP contribution in [0.1, 0.15) is 17.2 Å². The minimum atomic E-state index is -0.288. The van der Waals surface area contributed by atoms with Gasteiger partial charge >= 0.3 is 5.69 Å². The zero-order valence-electron chi connectivity index (χ0n) is 9.84. The molecular formula is C12H8Br3N3OS. The average molecular weight is 482 g/mol. The number of thiophene rings is 1. The van der Waals surface area contributed by atoms with E-state index in [1.165, 1.54) is 0 Å². The van der Waals surface area contributed by atoms with Crippen molar-refractivity contribution in [2.24, 2.45) is 5.73 Å². The number of rotatable bonds is 2. The highest BCUT2D eigenvalue weighted by atomic mass is 79.9. The second-order valence-electron chi connectivity index (χ2n) is 4.26. The first-order valence-electron chi connectivity index (χ1n) is 5.57. The molecule has 3 rings (SSSR count). The van der Waals surface area contributed by atoms with Gasteiger partial charge in [0.2, 0.25) is 0 Å². The predicted molar refractivity (Wildman–Crippen MR) is 92.4 cm³/mol. The molecule has 0 amide bonds.